The summed E-state index contributed by atoms with van der Waals surface area (Å²) in [4.78, 5) is 0. The molecule has 0 spiro atoms. The SMILES string of the molecule is CN1OS(=O)(=O)ONC1=S. The first-order chi connectivity index (χ1) is 4.51. The van der Waals surface area contributed by atoms with E-state index in [0.717, 1.165) is 5.06 Å². The summed E-state index contributed by atoms with van der Waals surface area (Å²) < 4.78 is 28.9. The molecule has 58 valence electrons. The van der Waals surface area contributed by atoms with Gasteiger partial charge in [0.1, 0.15) is 0 Å². The van der Waals surface area contributed by atoms with Crippen LogP contribution in [0.25, 0.3) is 0 Å². The monoisotopic (exact) mass is 184 g/mol. The molecule has 0 aromatic carbocycles. The third-order valence-corrected chi connectivity index (χ3v) is 1.75. The third kappa shape index (κ3) is 1.53. The molecule has 0 atom stereocenters. The summed E-state index contributed by atoms with van der Waals surface area (Å²) in [6, 6.07) is 0. The van der Waals surface area contributed by atoms with Crippen LogP contribution in [-0.2, 0) is 19.0 Å². The summed E-state index contributed by atoms with van der Waals surface area (Å²) in [5.74, 6) is 0. The van der Waals surface area contributed by atoms with E-state index in [2.05, 4.69) is 20.8 Å². The van der Waals surface area contributed by atoms with Crippen molar-refractivity contribution in [1.29, 1.82) is 0 Å². The van der Waals surface area contributed by atoms with Crippen molar-refractivity contribution in [2.45, 2.75) is 0 Å². The second kappa shape index (κ2) is 2.31. The average Bonchev–Trinajstić information content (AvgIpc) is 1.79. The first kappa shape index (κ1) is 7.66. The number of nitrogens with one attached hydrogen (secondary N) is 1. The Bertz CT molecular complexity index is 246. The lowest BCUT2D eigenvalue weighted by molar-refractivity contribution is -0.00980. The van der Waals surface area contributed by atoms with Crippen LogP contribution in [-0.4, -0.2) is 25.6 Å². The van der Waals surface area contributed by atoms with Gasteiger partial charge in [0.05, 0.1) is 0 Å². The van der Waals surface area contributed by atoms with Gasteiger partial charge in [0.15, 0.2) is 0 Å². The third-order valence-electron chi connectivity index (χ3n) is 0.720. The summed E-state index contributed by atoms with van der Waals surface area (Å²) >= 11 is 4.53. The number of thiocarbonyl (C=S) groups is 1. The molecule has 0 aromatic heterocycles. The number of rotatable bonds is 0. The van der Waals surface area contributed by atoms with Crippen molar-refractivity contribution in [2.24, 2.45) is 0 Å². The van der Waals surface area contributed by atoms with Gasteiger partial charge in [0.2, 0.25) is 5.11 Å². The maximum atomic E-state index is 10.4. The Morgan fingerprint density at radius 3 is 2.70 bits per heavy atom. The second-order valence-electron chi connectivity index (χ2n) is 1.47. The van der Waals surface area contributed by atoms with Crippen molar-refractivity contribution in [3.8, 4) is 0 Å². The molecule has 0 saturated carbocycles. The molecule has 0 aliphatic carbocycles. The molecule has 8 heteroatoms. The van der Waals surface area contributed by atoms with Crippen LogP contribution in [0, 0.1) is 0 Å². The molecule has 0 radical (unpaired) electrons. The molecule has 1 rings (SSSR count). The molecule has 0 bridgehead atoms. The lowest BCUT2D eigenvalue weighted by Gasteiger charge is -2.22. The standard InChI is InChI=1S/C2H4N2O4S2/c1-4-2(9)3-7-10(5,6)8-4/h1H3,(H,3,9). The fraction of sp³-hybridized carbons (Fsp3) is 0.500. The summed E-state index contributed by atoms with van der Waals surface area (Å²) in [5.41, 5.74) is 1.97. The zero-order valence-electron chi connectivity index (χ0n) is 4.90. The minimum Gasteiger partial charge on any atom is -0.220 e. The largest absolute Gasteiger partial charge is 0.442 e. The van der Waals surface area contributed by atoms with Crippen LogP contribution in [0.4, 0.5) is 0 Å². The van der Waals surface area contributed by atoms with Gasteiger partial charge in [-0.25, -0.2) is 10.5 Å². The van der Waals surface area contributed by atoms with E-state index in [9.17, 15) is 8.42 Å². The van der Waals surface area contributed by atoms with Crippen LogP contribution >= 0.6 is 12.2 Å². The van der Waals surface area contributed by atoms with Crippen molar-refractivity contribution in [1.82, 2.24) is 10.5 Å². The highest BCUT2D eigenvalue weighted by Gasteiger charge is 2.25. The normalized spacial score (nSPS) is 24.1. The van der Waals surface area contributed by atoms with Crippen molar-refractivity contribution in [3.63, 3.8) is 0 Å². The molecule has 0 amide bonds. The van der Waals surface area contributed by atoms with Crippen LogP contribution < -0.4 is 5.48 Å². The van der Waals surface area contributed by atoms with Crippen molar-refractivity contribution in [3.05, 3.63) is 0 Å². The molecule has 0 aromatic rings. The van der Waals surface area contributed by atoms with Crippen LogP contribution in [0.15, 0.2) is 0 Å². The van der Waals surface area contributed by atoms with Gasteiger partial charge in [-0.1, -0.05) is 0 Å². The van der Waals surface area contributed by atoms with Gasteiger partial charge in [-0.3, -0.25) is 0 Å². The Morgan fingerprint density at radius 1 is 1.70 bits per heavy atom. The number of hydrogen-bond acceptors (Lipinski definition) is 5. The molecule has 1 aliphatic heterocycles. The molecule has 1 fully saturated rings. The van der Waals surface area contributed by atoms with Crippen molar-refractivity contribution < 1.29 is 17.0 Å². The number of hydroxylamine groups is 3. The Balaban J connectivity index is 2.76. The lowest BCUT2D eigenvalue weighted by Crippen LogP contribution is -2.45. The fourth-order valence-corrected chi connectivity index (χ4v) is 1.08. The lowest BCUT2D eigenvalue weighted by atomic mass is 11.0. The zero-order chi connectivity index (χ0) is 7.78. The van der Waals surface area contributed by atoms with Gasteiger partial charge in [-0.2, -0.15) is 8.42 Å². The first-order valence-corrected chi connectivity index (χ1v) is 3.92. The minimum atomic E-state index is -3.94. The Hall–Kier alpha value is -0.440. The van der Waals surface area contributed by atoms with E-state index < -0.39 is 10.4 Å². The molecule has 6 nitrogen and oxygen atoms in total. The number of nitrogens with zero attached hydrogens (tertiary/aromatic N) is 1. The highest BCUT2D eigenvalue weighted by atomic mass is 32.3. The molecular weight excluding hydrogens is 180 g/mol. The summed E-state index contributed by atoms with van der Waals surface area (Å²) in [5, 5.41) is 0.920. The Labute approximate surface area is 62.9 Å². The minimum absolute atomic E-state index is 0.0508. The zero-order valence-corrected chi connectivity index (χ0v) is 6.53. The van der Waals surface area contributed by atoms with E-state index >= 15 is 0 Å². The van der Waals surface area contributed by atoms with Gasteiger partial charge < -0.3 is 0 Å². The van der Waals surface area contributed by atoms with E-state index in [0.29, 0.717) is 0 Å². The summed E-state index contributed by atoms with van der Waals surface area (Å²) in [6.45, 7) is 0. The van der Waals surface area contributed by atoms with E-state index in [-0.39, 0.29) is 5.11 Å². The van der Waals surface area contributed by atoms with E-state index in [4.69, 9.17) is 0 Å². The summed E-state index contributed by atoms with van der Waals surface area (Å²) in [6.07, 6.45) is 0. The maximum absolute atomic E-state index is 10.4. The van der Waals surface area contributed by atoms with Crippen molar-refractivity contribution in [2.75, 3.05) is 7.05 Å². The van der Waals surface area contributed by atoms with Gasteiger partial charge in [-0.15, -0.1) is 8.57 Å². The molecule has 1 heterocycles. The smallest absolute Gasteiger partial charge is 0.220 e. The molecule has 1 saturated heterocycles. The summed E-state index contributed by atoms with van der Waals surface area (Å²) in [7, 11) is -2.59. The van der Waals surface area contributed by atoms with Crippen LogP contribution in [0.1, 0.15) is 0 Å². The van der Waals surface area contributed by atoms with Crippen LogP contribution in [0.5, 0.6) is 0 Å². The number of hydrogen-bond donors (Lipinski definition) is 1. The predicted octanol–water partition coefficient (Wildman–Crippen LogP) is -1.09. The Morgan fingerprint density at radius 2 is 2.30 bits per heavy atom. The fourth-order valence-electron chi connectivity index (χ4n) is 0.337. The van der Waals surface area contributed by atoms with Gasteiger partial charge in [-0.05, 0) is 12.2 Å². The molecule has 0 unspecified atom stereocenters. The highest BCUT2D eigenvalue weighted by molar-refractivity contribution is 7.82. The highest BCUT2D eigenvalue weighted by Crippen LogP contribution is 2.03. The van der Waals surface area contributed by atoms with E-state index in [1.807, 2.05) is 5.48 Å². The van der Waals surface area contributed by atoms with E-state index in [1.165, 1.54) is 7.05 Å². The quantitative estimate of drug-likeness (QED) is 0.480. The second-order valence-corrected chi connectivity index (χ2v) is 2.99. The molecule has 10 heavy (non-hydrogen) atoms. The van der Waals surface area contributed by atoms with E-state index in [1.54, 1.807) is 0 Å². The van der Waals surface area contributed by atoms with Gasteiger partial charge in [0, 0.05) is 7.05 Å². The van der Waals surface area contributed by atoms with Crippen molar-refractivity contribution >= 4 is 27.7 Å². The van der Waals surface area contributed by atoms with Gasteiger partial charge in [0.25, 0.3) is 0 Å². The first-order valence-electron chi connectivity index (χ1n) is 2.18. The van der Waals surface area contributed by atoms with Crippen LogP contribution in [0.2, 0.25) is 0 Å². The maximum Gasteiger partial charge on any atom is 0.442 e. The van der Waals surface area contributed by atoms with Gasteiger partial charge >= 0.3 is 10.4 Å². The Kier molecular flexibility index (Phi) is 1.77. The average molecular weight is 184 g/mol. The van der Waals surface area contributed by atoms with Crippen LogP contribution in [0.3, 0.4) is 0 Å². The molecule has 1 N–H and O–H groups in total. The topological polar surface area (TPSA) is 67.9 Å². The molecular formula is C2H4N2O4S2. The predicted molar refractivity (Wildman–Crippen MR) is 34.6 cm³/mol. The molecule has 1 aliphatic rings.